The van der Waals surface area contributed by atoms with E-state index in [0.717, 1.165) is 23.6 Å². The molecule has 4 heteroatoms. The van der Waals surface area contributed by atoms with Gasteiger partial charge in [0.2, 0.25) is 0 Å². The fraction of sp³-hybridized carbons (Fsp3) is 0.167. The van der Waals surface area contributed by atoms with E-state index in [-0.39, 0.29) is 0 Å². The summed E-state index contributed by atoms with van der Waals surface area (Å²) in [5.41, 5.74) is 0.840. The van der Waals surface area contributed by atoms with Gasteiger partial charge < -0.3 is 9.15 Å². The molecule has 0 aliphatic rings. The van der Waals surface area contributed by atoms with Gasteiger partial charge in [0.05, 0.1) is 16.5 Å². The molecule has 3 aromatic carbocycles. The summed E-state index contributed by atoms with van der Waals surface area (Å²) in [5.74, 6) is -0.177. The van der Waals surface area contributed by atoms with Crippen LogP contribution in [-0.2, 0) is 6.42 Å². The van der Waals surface area contributed by atoms with Gasteiger partial charge in [-0.3, -0.25) is 0 Å². The smallest absolute Gasteiger partial charge is 0.344 e. The normalized spacial score (nSPS) is 11.0. The summed E-state index contributed by atoms with van der Waals surface area (Å²) < 4.78 is 11.3. The minimum absolute atomic E-state index is 0.304. The van der Waals surface area contributed by atoms with Gasteiger partial charge in [-0.2, -0.15) is 0 Å². The van der Waals surface area contributed by atoms with Crippen molar-refractivity contribution in [2.24, 2.45) is 0 Å². The SMILES string of the molecule is CCCCc1c(OC(=O)c2cccc3ccccc23)c2ccccc2oc1=O. The second-order valence-electron chi connectivity index (χ2n) is 6.71. The van der Waals surface area contributed by atoms with E-state index in [1.165, 1.54) is 0 Å². The zero-order valence-corrected chi connectivity index (χ0v) is 15.6. The number of carbonyl (C=O) groups excluding carboxylic acids is 1. The van der Waals surface area contributed by atoms with Crippen LogP contribution in [-0.4, -0.2) is 5.97 Å². The fourth-order valence-electron chi connectivity index (χ4n) is 3.40. The van der Waals surface area contributed by atoms with Crippen molar-refractivity contribution in [2.75, 3.05) is 0 Å². The quantitative estimate of drug-likeness (QED) is 0.342. The van der Waals surface area contributed by atoms with E-state index < -0.39 is 11.6 Å². The molecule has 0 saturated carbocycles. The molecule has 0 unspecified atom stereocenters. The molecule has 4 nitrogen and oxygen atoms in total. The largest absolute Gasteiger partial charge is 0.422 e. The topological polar surface area (TPSA) is 56.5 Å². The predicted molar refractivity (Wildman–Crippen MR) is 110 cm³/mol. The first-order chi connectivity index (χ1) is 13.7. The third-order valence-corrected chi connectivity index (χ3v) is 4.84. The van der Waals surface area contributed by atoms with Crippen molar-refractivity contribution < 1.29 is 13.9 Å². The standard InChI is InChI=1S/C24H20O4/c1-2-3-11-20-22(19-13-6-7-15-21(19)27-24(20)26)28-23(25)18-14-8-10-16-9-4-5-12-17(16)18/h4-10,12-15H,2-3,11H2,1H3. The Kier molecular flexibility index (Phi) is 4.94. The average molecular weight is 372 g/mol. The summed E-state index contributed by atoms with van der Waals surface area (Å²) in [6.45, 7) is 2.05. The van der Waals surface area contributed by atoms with Gasteiger partial charge in [-0.15, -0.1) is 0 Å². The molecule has 1 heterocycles. The molecule has 0 aliphatic carbocycles. The lowest BCUT2D eigenvalue weighted by molar-refractivity contribution is 0.0737. The van der Waals surface area contributed by atoms with Crippen LogP contribution in [0, 0.1) is 0 Å². The van der Waals surface area contributed by atoms with Crippen molar-refractivity contribution in [3.8, 4) is 5.75 Å². The lowest BCUT2D eigenvalue weighted by atomic mass is 10.0. The van der Waals surface area contributed by atoms with Crippen molar-refractivity contribution >= 4 is 27.7 Å². The van der Waals surface area contributed by atoms with Crippen LogP contribution in [0.15, 0.2) is 75.9 Å². The van der Waals surface area contributed by atoms with Crippen LogP contribution in [0.2, 0.25) is 0 Å². The average Bonchev–Trinajstić information content (AvgIpc) is 2.72. The monoisotopic (exact) mass is 372 g/mol. The number of fused-ring (bicyclic) bond motifs is 2. The number of ether oxygens (including phenoxy) is 1. The van der Waals surface area contributed by atoms with Gasteiger partial charge in [0.1, 0.15) is 5.58 Å². The lowest BCUT2D eigenvalue weighted by Crippen LogP contribution is -2.16. The van der Waals surface area contributed by atoms with Crippen molar-refractivity contribution in [2.45, 2.75) is 26.2 Å². The first kappa shape index (κ1) is 18.0. The van der Waals surface area contributed by atoms with Crippen molar-refractivity contribution in [1.29, 1.82) is 0 Å². The Morgan fingerprint density at radius 2 is 1.64 bits per heavy atom. The van der Waals surface area contributed by atoms with Crippen molar-refractivity contribution in [1.82, 2.24) is 0 Å². The number of hydrogen-bond donors (Lipinski definition) is 0. The van der Waals surface area contributed by atoms with Crippen LogP contribution in [0.1, 0.15) is 35.7 Å². The summed E-state index contributed by atoms with van der Waals surface area (Å²) in [4.78, 5) is 25.6. The number of rotatable bonds is 5. The molecule has 28 heavy (non-hydrogen) atoms. The second kappa shape index (κ2) is 7.69. The van der Waals surface area contributed by atoms with Crippen molar-refractivity contribution in [3.05, 3.63) is 88.3 Å². The van der Waals surface area contributed by atoms with Gasteiger partial charge >= 0.3 is 11.6 Å². The number of unbranched alkanes of at least 4 members (excludes halogenated alkanes) is 1. The maximum absolute atomic E-state index is 13.1. The molecule has 0 N–H and O–H groups in total. The highest BCUT2D eigenvalue weighted by Gasteiger charge is 2.20. The molecule has 0 radical (unpaired) electrons. The zero-order chi connectivity index (χ0) is 19.5. The van der Waals surface area contributed by atoms with Gasteiger partial charge in [0, 0.05) is 0 Å². The summed E-state index contributed by atoms with van der Waals surface area (Å²) in [6.07, 6.45) is 2.23. The van der Waals surface area contributed by atoms with Crippen LogP contribution >= 0.6 is 0 Å². The molecule has 0 aliphatic heterocycles. The lowest BCUT2D eigenvalue weighted by Gasteiger charge is -2.12. The molecule has 0 atom stereocenters. The molecule has 0 spiro atoms. The fourth-order valence-corrected chi connectivity index (χ4v) is 3.40. The molecule has 4 rings (SSSR count). The maximum atomic E-state index is 13.1. The van der Waals surface area contributed by atoms with E-state index in [1.807, 2.05) is 49.4 Å². The van der Waals surface area contributed by atoms with Crippen LogP contribution in [0.5, 0.6) is 5.75 Å². The van der Waals surface area contributed by atoms with Gasteiger partial charge in [-0.25, -0.2) is 9.59 Å². The number of esters is 1. The molecule has 140 valence electrons. The predicted octanol–water partition coefficient (Wildman–Crippen LogP) is 5.51. The van der Waals surface area contributed by atoms with E-state index in [9.17, 15) is 9.59 Å². The molecular weight excluding hydrogens is 352 g/mol. The van der Waals surface area contributed by atoms with E-state index in [0.29, 0.717) is 34.3 Å². The number of hydrogen-bond acceptors (Lipinski definition) is 4. The molecule has 0 amide bonds. The highest BCUT2D eigenvalue weighted by atomic mass is 16.5. The van der Waals surface area contributed by atoms with Crippen LogP contribution in [0.3, 0.4) is 0 Å². The first-order valence-corrected chi connectivity index (χ1v) is 9.43. The van der Waals surface area contributed by atoms with E-state index >= 15 is 0 Å². The highest BCUT2D eigenvalue weighted by molar-refractivity contribution is 6.06. The Labute approximate surface area is 162 Å². The van der Waals surface area contributed by atoms with E-state index in [2.05, 4.69) is 0 Å². The Hall–Kier alpha value is -3.40. The second-order valence-corrected chi connectivity index (χ2v) is 6.71. The molecule has 4 aromatic rings. The van der Waals surface area contributed by atoms with Crippen LogP contribution in [0.4, 0.5) is 0 Å². The zero-order valence-electron chi connectivity index (χ0n) is 15.6. The molecule has 0 bridgehead atoms. The number of benzene rings is 3. The highest BCUT2D eigenvalue weighted by Crippen LogP contribution is 2.30. The maximum Gasteiger partial charge on any atom is 0.344 e. The van der Waals surface area contributed by atoms with E-state index in [4.69, 9.17) is 9.15 Å². The Morgan fingerprint density at radius 3 is 2.46 bits per heavy atom. The summed E-state index contributed by atoms with van der Waals surface area (Å²) in [6, 6.07) is 20.3. The van der Waals surface area contributed by atoms with E-state index in [1.54, 1.807) is 24.3 Å². The Morgan fingerprint density at radius 1 is 0.929 bits per heavy atom. The van der Waals surface area contributed by atoms with Gasteiger partial charge in [-0.05, 0) is 41.8 Å². The van der Waals surface area contributed by atoms with Gasteiger partial charge in [0.15, 0.2) is 5.75 Å². The van der Waals surface area contributed by atoms with Crippen LogP contribution < -0.4 is 10.4 Å². The van der Waals surface area contributed by atoms with Gasteiger partial charge in [0.25, 0.3) is 0 Å². The minimum atomic E-state index is -0.481. The first-order valence-electron chi connectivity index (χ1n) is 9.43. The van der Waals surface area contributed by atoms with Gasteiger partial charge in [-0.1, -0.05) is 61.9 Å². The molecule has 1 aromatic heterocycles. The Bertz CT molecular complexity index is 1210. The molecule has 0 fully saturated rings. The Balaban J connectivity index is 1.84. The van der Waals surface area contributed by atoms with Crippen molar-refractivity contribution in [3.63, 3.8) is 0 Å². The summed E-state index contributed by atoms with van der Waals surface area (Å²) >= 11 is 0. The third kappa shape index (κ3) is 3.29. The number of carbonyl (C=O) groups is 1. The third-order valence-electron chi connectivity index (χ3n) is 4.84. The summed E-state index contributed by atoms with van der Waals surface area (Å²) in [7, 11) is 0. The number of para-hydroxylation sites is 1. The minimum Gasteiger partial charge on any atom is -0.422 e. The van der Waals surface area contributed by atoms with Crippen LogP contribution in [0.25, 0.3) is 21.7 Å². The summed E-state index contributed by atoms with van der Waals surface area (Å²) in [5, 5.41) is 2.40. The molecular formula is C24H20O4. The molecule has 0 saturated heterocycles.